The van der Waals surface area contributed by atoms with E-state index in [-0.39, 0.29) is 4.90 Å². The van der Waals surface area contributed by atoms with Crippen molar-refractivity contribution in [3.05, 3.63) is 91.1 Å². The summed E-state index contributed by atoms with van der Waals surface area (Å²) in [6, 6.07) is 27.6. The molecule has 0 spiro atoms. The quantitative estimate of drug-likeness (QED) is 0.351. The number of nitrogens with one attached hydrogen (secondary N) is 1. The Morgan fingerprint density at radius 1 is 0.917 bits per heavy atom. The summed E-state index contributed by atoms with van der Waals surface area (Å²) in [6.45, 7) is 3.80. The molecular weight excluding hydrogens is 470 g/mol. The Balaban J connectivity index is 1.08. The highest BCUT2D eigenvalue weighted by Crippen LogP contribution is 2.29. The molecule has 36 heavy (non-hydrogen) atoms. The van der Waals surface area contributed by atoms with Gasteiger partial charge >= 0.3 is 0 Å². The minimum Gasteiger partial charge on any atom is -0.492 e. The van der Waals surface area contributed by atoms with E-state index in [1.54, 1.807) is 6.07 Å². The molecule has 1 aliphatic heterocycles. The van der Waals surface area contributed by atoms with Crippen LogP contribution in [0, 0.1) is 5.92 Å². The van der Waals surface area contributed by atoms with Crippen LogP contribution in [0.3, 0.4) is 0 Å². The molecule has 7 heteroatoms. The number of hydrogen-bond acceptors (Lipinski definition) is 5. The lowest BCUT2D eigenvalue weighted by molar-refractivity contribution is 0.156. The number of benzene rings is 3. The second-order valence-corrected chi connectivity index (χ2v) is 11.0. The lowest BCUT2D eigenvalue weighted by atomic mass is 9.97. The van der Waals surface area contributed by atoms with Crippen LogP contribution >= 0.6 is 0 Å². The van der Waals surface area contributed by atoms with E-state index in [1.807, 2.05) is 60.7 Å². The molecule has 1 fully saturated rings. The van der Waals surface area contributed by atoms with Crippen molar-refractivity contribution in [2.75, 3.05) is 32.8 Å². The van der Waals surface area contributed by atoms with Gasteiger partial charge in [0.1, 0.15) is 17.3 Å². The Labute approximate surface area is 213 Å². The Hall–Kier alpha value is -3.26. The highest BCUT2D eigenvalue weighted by molar-refractivity contribution is 7.89. The molecule has 3 aromatic carbocycles. The molecule has 0 bridgehead atoms. The summed E-state index contributed by atoms with van der Waals surface area (Å²) in [5.74, 6) is 1.22. The zero-order valence-corrected chi connectivity index (χ0v) is 21.0. The largest absolute Gasteiger partial charge is 0.492 e. The van der Waals surface area contributed by atoms with Crippen LogP contribution in [-0.2, 0) is 10.0 Å². The number of nitrogens with zero attached hydrogens (tertiary/aromatic N) is 2. The predicted molar refractivity (Wildman–Crippen MR) is 143 cm³/mol. The molecule has 1 aliphatic rings. The van der Waals surface area contributed by atoms with Crippen LogP contribution in [0.4, 0.5) is 0 Å². The number of ether oxygens (including phenoxy) is 1. The van der Waals surface area contributed by atoms with Gasteiger partial charge in [-0.05, 0) is 55.6 Å². The zero-order valence-electron chi connectivity index (χ0n) is 20.2. The number of rotatable bonds is 9. The molecule has 0 radical (unpaired) electrons. The third-order valence-electron chi connectivity index (χ3n) is 6.78. The number of piperidine rings is 1. The van der Waals surface area contributed by atoms with Gasteiger partial charge in [-0.3, -0.25) is 9.88 Å². The van der Waals surface area contributed by atoms with Crippen LogP contribution < -0.4 is 9.46 Å². The number of likely N-dealkylation sites (tertiary alicyclic amines) is 1. The Morgan fingerprint density at radius 3 is 2.47 bits per heavy atom. The van der Waals surface area contributed by atoms with Crippen molar-refractivity contribution < 1.29 is 13.2 Å². The third kappa shape index (κ3) is 5.93. The van der Waals surface area contributed by atoms with Gasteiger partial charge in [-0.15, -0.1) is 0 Å². The van der Waals surface area contributed by atoms with Crippen LogP contribution in [0.1, 0.15) is 12.8 Å². The molecule has 2 heterocycles. The van der Waals surface area contributed by atoms with Crippen LogP contribution in [0.25, 0.3) is 22.0 Å². The Morgan fingerprint density at radius 2 is 1.64 bits per heavy atom. The molecule has 6 nitrogen and oxygen atoms in total. The fourth-order valence-corrected chi connectivity index (χ4v) is 5.75. The first-order valence-electron chi connectivity index (χ1n) is 12.4. The van der Waals surface area contributed by atoms with Crippen molar-refractivity contribution in [3.63, 3.8) is 0 Å². The molecule has 0 aliphatic carbocycles. The van der Waals surface area contributed by atoms with Gasteiger partial charge in [0, 0.05) is 30.2 Å². The van der Waals surface area contributed by atoms with Crippen molar-refractivity contribution >= 4 is 20.9 Å². The summed E-state index contributed by atoms with van der Waals surface area (Å²) in [6.07, 6.45) is 3.35. The normalized spacial score (nSPS) is 15.2. The number of aromatic nitrogens is 1. The summed E-state index contributed by atoms with van der Waals surface area (Å²) < 4.78 is 34.6. The van der Waals surface area contributed by atoms with Crippen molar-refractivity contribution in [1.82, 2.24) is 14.6 Å². The van der Waals surface area contributed by atoms with Crippen molar-refractivity contribution in [2.45, 2.75) is 17.7 Å². The topological polar surface area (TPSA) is 71.5 Å². The van der Waals surface area contributed by atoms with Gasteiger partial charge in [0.15, 0.2) is 0 Å². The molecule has 1 aromatic heterocycles. The molecule has 0 amide bonds. The Kier molecular flexibility index (Phi) is 7.60. The third-order valence-corrected chi connectivity index (χ3v) is 8.17. The molecule has 0 unspecified atom stereocenters. The molecule has 0 atom stereocenters. The number of hydrogen-bond donors (Lipinski definition) is 1. The maximum atomic E-state index is 12.8. The summed E-state index contributed by atoms with van der Waals surface area (Å²) in [5.41, 5.74) is 3.04. The van der Waals surface area contributed by atoms with Gasteiger partial charge in [-0.25, -0.2) is 13.1 Å². The smallest absolute Gasteiger partial charge is 0.242 e. The van der Waals surface area contributed by atoms with Crippen molar-refractivity contribution in [3.8, 4) is 16.9 Å². The second kappa shape index (κ2) is 11.2. The molecule has 5 rings (SSSR count). The van der Waals surface area contributed by atoms with E-state index >= 15 is 0 Å². The van der Waals surface area contributed by atoms with E-state index in [9.17, 15) is 8.42 Å². The van der Waals surface area contributed by atoms with Crippen molar-refractivity contribution in [1.29, 1.82) is 0 Å². The first kappa shape index (κ1) is 24.4. The first-order valence-corrected chi connectivity index (χ1v) is 13.9. The van der Waals surface area contributed by atoms with E-state index in [2.05, 4.69) is 32.8 Å². The van der Waals surface area contributed by atoms with E-state index in [1.165, 1.54) is 6.20 Å². The van der Waals surface area contributed by atoms with E-state index < -0.39 is 10.0 Å². The minimum atomic E-state index is -3.58. The second-order valence-electron chi connectivity index (χ2n) is 9.21. The monoisotopic (exact) mass is 501 g/mol. The van der Waals surface area contributed by atoms with Gasteiger partial charge in [0.25, 0.3) is 0 Å². The van der Waals surface area contributed by atoms with E-state index in [0.29, 0.717) is 19.1 Å². The molecule has 1 N–H and O–H groups in total. The lowest BCUT2D eigenvalue weighted by Gasteiger charge is -2.31. The van der Waals surface area contributed by atoms with Gasteiger partial charge in [-0.1, -0.05) is 66.7 Å². The molecule has 0 saturated carbocycles. The maximum absolute atomic E-state index is 12.8. The van der Waals surface area contributed by atoms with Crippen LogP contribution in [0.2, 0.25) is 0 Å². The summed E-state index contributed by atoms with van der Waals surface area (Å²) >= 11 is 0. The number of pyridine rings is 1. The van der Waals surface area contributed by atoms with Crippen LogP contribution in [0.5, 0.6) is 5.75 Å². The SMILES string of the molecule is O=S(=O)(NCC1CCN(CCOc2ccccc2-c2ccccc2)CC1)c1cnc2ccccc2c1. The summed E-state index contributed by atoms with van der Waals surface area (Å²) in [4.78, 5) is 6.89. The highest BCUT2D eigenvalue weighted by atomic mass is 32.2. The van der Waals surface area contributed by atoms with Gasteiger partial charge < -0.3 is 4.74 Å². The molecular formula is C29H31N3O3S. The van der Waals surface area contributed by atoms with Gasteiger partial charge in [-0.2, -0.15) is 0 Å². The lowest BCUT2D eigenvalue weighted by Crippen LogP contribution is -2.40. The number of fused-ring (bicyclic) bond motifs is 1. The fourth-order valence-electron chi connectivity index (χ4n) is 4.66. The molecule has 4 aromatic rings. The Bertz CT molecular complexity index is 1400. The van der Waals surface area contributed by atoms with E-state index in [0.717, 1.165) is 60.3 Å². The minimum absolute atomic E-state index is 0.214. The standard InChI is InChI=1S/C29H31N3O3S/c33-36(34,26-20-25-10-4-6-12-28(25)30-22-26)31-21-23-14-16-32(17-15-23)18-19-35-29-13-7-5-11-27(29)24-8-2-1-3-9-24/h1-13,20,22-23,31H,14-19,21H2. The fraction of sp³-hybridized carbons (Fsp3) is 0.276. The van der Waals surface area contributed by atoms with Gasteiger partial charge in [0.2, 0.25) is 10.0 Å². The van der Waals surface area contributed by atoms with Gasteiger partial charge in [0.05, 0.1) is 5.52 Å². The summed E-state index contributed by atoms with van der Waals surface area (Å²) in [7, 11) is -3.58. The highest BCUT2D eigenvalue weighted by Gasteiger charge is 2.22. The van der Waals surface area contributed by atoms with Crippen LogP contribution in [-0.4, -0.2) is 51.1 Å². The van der Waals surface area contributed by atoms with Crippen LogP contribution in [0.15, 0.2) is 96.0 Å². The molecule has 1 saturated heterocycles. The maximum Gasteiger partial charge on any atom is 0.242 e. The first-order chi connectivity index (χ1) is 17.6. The predicted octanol–water partition coefficient (Wildman–Crippen LogP) is 4.97. The number of para-hydroxylation sites is 2. The zero-order chi connectivity index (χ0) is 24.8. The molecule has 186 valence electrons. The number of sulfonamides is 1. The average Bonchev–Trinajstić information content (AvgIpc) is 2.93. The van der Waals surface area contributed by atoms with Crippen molar-refractivity contribution in [2.24, 2.45) is 5.92 Å². The summed E-state index contributed by atoms with van der Waals surface area (Å²) in [5, 5.41) is 0.822. The van der Waals surface area contributed by atoms with E-state index in [4.69, 9.17) is 4.74 Å². The average molecular weight is 502 g/mol.